The topological polar surface area (TPSA) is 73.1 Å². The second kappa shape index (κ2) is 6.87. The maximum absolute atomic E-state index is 5.83. The number of aromatic nitrogens is 2. The Morgan fingerprint density at radius 1 is 1.33 bits per heavy atom. The summed E-state index contributed by atoms with van der Waals surface area (Å²) < 4.78 is 5.33. The van der Waals surface area contributed by atoms with Crippen LogP contribution in [0.5, 0.6) is 0 Å². The van der Waals surface area contributed by atoms with Crippen molar-refractivity contribution in [3.63, 3.8) is 0 Å². The zero-order chi connectivity index (χ0) is 15.4. The molecule has 0 fully saturated rings. The quantitative estimate of drug-likeness (QED) is 0.855. The van der Waals surface area contributed by atoms with Crippen LogP contribution in [0.1, 0.15) is 41.0 Å². The molecule has 2 rings (SSSR count). The van der Waals surface area contributed by atoms with Crippen molar-refractivity contribution < 1.29 is 4.74 Å². The molecule has 0 aliphatic carbocycles. The summed E-state index contributed by atoms with van der Waals surface area (Å²) >= 11 is 1.81. The Morgan fingerprint density at radius 2 is 2.10 bits per heavy atom. The fraction of sp³-hybridized carbons (Fsp3) is 0.467. The second-order valence-electron chi connectivity index (χ2n) is 4.97. The van der Waals surface area contributed by atoms with E-state index in [0.29, 0.717) is 24.9 Å². The Kier molecular flexibility index (Phi) is 5.14. The molecule has 21 heavy (non-hydrogen) atoms. The highest BCUT2D eigenvalue weighted by atomic mass is 32.1. The van der Waals surface area contributed by atoms with E-state index in [1.54, 1.807) is 6.07 Å². The summed E-state index contributed by atoms with van der Waals surface area (Å²) in [6.45, 7) is 9.33. The molecule has 0 bridgehead atoms. The first-order valence-corrected chi connectivity index (χ1v) is 7.86. The number of anilines is 2. The van der Waals surface area contributed by atoms with Gasteiger partial charge in [0, 0.05) is 22.4 Å². The number of thiophene rings is 1. The summed E-state index contributed by atoms with van der Waals surface area (Å²) in [5.41, 5.74) is 7.13. The van der Waals surface area contributed by atoms with E-state index in [1.807, 2.05) is 18.3 Å². The summed E-state index contributed by atoms with van der Waals surface area (Å²) in [6, 6.07) is 4.13. The lowest BCUT2D eigenvalue weighted by Gasteiger charge is -2.15. The third-order valence-electron chi connectivity index (χ3n) is 3.14. The summed E-state index contributed by atoms with van der Waals surface area (Å²) in [7, 11) is 0. The van der Waals surface area contributed by atoms with Crippen molar-refractivity contribution in [1.29, 1.82) is 0 Å². The van der Waals surface area contributed by atoms with Gasteiger partial charge in [0.1, 0.15) is 18.2 Å². The molecule has 114 valence electrons. The van der Waals surface area contributed by atoms with E-state index < -0.39 is 0 Å². The summed E-state index contributed by atoms with van der Waals surface area (Å²) in [5, 5.41) is 3.39. The summed E-state index contributed by atoms with van der Waals surface area (Å²) in [5.74, 6) is 1.78. The van der Waals surface area contributed by atoms with Gasteiger partial charge in [-0.05, 0) is 39.3 Å². The minimum atomic E-state index is 0.171. The number of nitrogens with zero attached hydrogens (tertiary/aromatic N) is 2. The zero-order valence-electron chi connectivity index (χ0n) is 12.9. The number of hydrogen-bond acceptors (Lipinski definition) is 6. The van der Waals surface area contributed by atoms with Crippen molar-refractivity contribution >= 4 is 23.0 Å². The molecule has 5 nitrogen and oxygen atoms in total. The average Bonchev–Trinajstić information content (AvgIpc) is 2.75. The molecule has 3 N–H and O–H groups in total. The van der Waals surface area contributed by atoms with Crippen LogP contribution in [0.2, 0.25) is 0 Å². The molecule has 0 aromatic carbocycles. The van der Waals surface area contributed by atoms with Crippen molar-refractivity contribution in [3.05, 3.63) is 33.3 Å². The van der Waals surface area contributed by atoms with Gasteiger partial charge in [0.05, 0.1) is 6.04 Å². The lowest BCUT2D eigenvalue weighted by Crippen LogP contribution is -2.11. The highest BCUT2D eigenvalue weighted by Gasteiger charge is 2.12. The molecule has 0 saturated carbocycles. The minimum Gasteiger partial charge on any atom is -0.384 e. The van der Waals surface area contributed by atoms with Crippen LogP contribution in [0.25, 0.3) is 0 Å². The fourth-order valence-electron chi connectivity index (χ4n) is 2.23. The SMILES string of the molecule is CCOCc1nc(N)cc(NC(C)c2cc(C)sc2C)n1. The van der Waals surface area contributed by atoms with E-state index in [-0.39, 0.29) is 6.04 Å². The number of aryl methyl sites for hydroxylation is 2. The van der Waals surface area contributed by atoms with E-state index in [9.17, 15) is 0 Å². The van der Waals surface area contributed by atoms with Crippen molar-refractivity contribution in [1.82, 2.24) is 9.97 Å². The Bertz CT molecular complexity index is 612. The first-order valence-electron chi connectivity index (χ1n) is 7.04. The van der Waals surface area contributed by atoms with Gasteiger partial charge in [0.25, 0.3) is 0 Å². The van der Waals surface area contributed by atoms with Gasteiger partial charge in [-0.1, -0.05) is 0 Å². The number of ether oxygens (including phenoxy) is 1. The second-order valence-corrected chi connectivity index (χ2v) is 6.43. The Morgan fingerprint density at radius 3 is 2.71 bits per heavy atom. The van der Waals surface area contributed by atoms with E-state index >= 15 is 0 Å². The Labute approximate surface area is 129 Å². The lowest BCUT2D eigenvalue weighted by molar-refractivity contribution is 0.128. The molecule has 1 atom stereocenters. The number of hydrogen-bond donors (Lipinski definition) is 2. The van der Waals surface area contributed by atoms with Crippen molar-refractivity contribution in [2.45, 2.75) is 40.3 Å². The fourth-order valence-corrected chi connectivity index (χ4v) is 3.25. The summed E-state index contributed by atoms with van der Waals surface area (Å²) in [6.07, 6.45) is 0. The van der Waals surface area contributed by atoms with Gasteiger partial charge in [-0.2, -0.15) is 0 Å². The first-order chi connectivity index (χ1) is 9.99. The first kappa shape index (κ1) is 15.7. The predicted molar refractivity (Wildman–Crippen MR) is 87.6 cm³/mol. The van der Waals surface area contributed by atoms with E-state index in [1.165, 1.54) is 15.3 Å². The van der Waals surface area contributed by atoms with Crippen molar-refractivity contribution in [3.8, 4) is 0 Å². The molecular weight excluding hydrogens is 284 g/mol. The normalized spacial score (nSPS) is 12.4. The van der Waals surface area contributed by atoms with Crippen LogP contribution in [0.3, 0.4) is 0 Å². The lowest BCUT2D eigenvalue weighted by atomic mass is 10.1. The molecule has 0 aliphatic heterocycles. The van der Waals surface area contributed by atoms with Crippen LogP contribution in [0, 0.1) is 13.8 Å². The van der Waals surface area contributed by atoms with Gasteiger partial charge in [-0.3, -0.25) is 0 Å². The Hall–Kier alpha value is -1.66. The molecule has 0 amide bonds. The smallest absolute Gasteiger partial charge is 0.158 e. The minimum absolute atomic E-state index is 0.171. The van der Waals surface area contributed by atoms with Crippen molar-refractivity contribution in [2.24, 2.45) is 0 Å². The van der Waals surface area contributed by atoms with Gasteiger partial charge in [0.2, 0.25) is 0 Å². The molecule has 0 radical (unpaired) electrons. The third-order valence-corrected chi connectivity index (χ3v) is 4.12. The molecule has 1 unspecified atom stereocenters. The maximum atomic E-state index is 5.83. The number of rotatable bonds is 6. The van der Waals surface area contributed by atoms with Crippen LogP contribution < -0.4 is 11.1 Å². The molecule has 0 saturated heterocycles. The molecule has 0 aliphatic rings. The molecule has 2 aromatic rings. The highest BCUT2D eigenvalue weighted by molar-refractivity contribution is 7.12. The van der Waals surface area contributed by atoms with Gasteiger partial charge in [-0.25, -0.2) is 9.97 Å². The van der Waals surface area contributed by atoms with E-state index in [4.69, 9.17) is 10.5 Å². The van der Waals surface area contributed by atoms with E-state index in [2.05, 4.69) is 42.1 Å². The van der Waals surface area contributed by atoms with Crippen LogP contribution in [0.4, 0.5) is 11.6 Å². The van der Waals surface area contributed by atoms with E-state index in [0.717, 1.165) is 5.82 Å². The monoisotopic (exact) mass is 306 g/mol. The molecular formula is C15H22N4OS. The predicted octanol–water partition coefficient (Wildman–Crippen LogP) is 3.45. The third kappa shape index (κ3) is 4.15. The van der Waals surface area contributed by atoms with Crippen LogP contribution in [0.15, 0.2) is 12.1 Å². The molecule has 2 heterocycles. The summed E-state index contributed by atoms with van der Waals surface area (Å²) in [4.78, 5) is 11.3. The van der Waals surface area contributed by atoms with Gasteiger partial charge < -0.3 is 15.8 Å². The number of nitrogen functional groups attached to an aromatic ring is 1. The van der Waals surface area contributed by atoms with Crippen LogP contribution in [-0.2, 0) is 11.3 Å². The molecule has 0 spiro atoms. The Balaban J connectivity index is 2.14. The largest absolute Gasteiger partial charge is 0.384 e. The van der Waals surface area contributed by atoms with Crippen LogP contribution >= 0.6 is 11.3 Å². The zero-order valence-corrected chi connectivity index (χ0v) is 13.8. The van der Waals surface area contributed by atoms with Gasteiger partial charge in [0.15, 0.2) is 5.82 Å². The maximum Gasteiger partial charge on any atom is 0.158 e. The number of nitrogens with one attached hydrogen (secondary N) is 1. The highest BCUT2D eigenvalue weighted by Crippen LogP contribution is 2.28. The molecule has 2 aromatic heterocycles. The van der Waals surface area contributed by atoms with Crippen molar-refractivity contribution in [2.75, 3.05) is 17.7 Å². The average molecular weight is 306 g/mol. The van der Waals surface area contributed by atoms with Gasteiger partial charge >= 0.3 is 0 Å². The molecule has 6 heteroatoms. The van der Waals surface area contributed by atoms with Gasteiger partial charge in [-0.15, -0.1) is 11.3 Å². The van der Waals surface area contributed by atoms with Crippen LogP contribution in [-0.4, -0.2) is 16.6 Å². The number of nitrogens with two attached hydrogens (primary N) is 1. The standard InChI is InChI=1S/C15H22N4OS/c1-5-20-8-15-18-13(16)7-14(19-15)17-10(3)12-6-9(2)21-11(12)4/h6-7,10H,5,8H2,1-4H3,(H3,16,17,18,19).